The third kappa shape index (κ3) is 4.71. The van der Waals surface area contributed by atoms with Gasteiger partial charge in [-0.15, -0.1) is 11.8 Å². The molecule has 9 nitrogen and oxygen atoms in total. The van der Waals surface area contributed by atoms with Gasteiger partial charge in [-0.3, -0.25) is 19.3 Å². The molecule has 0 radical (unpaired) electrons. The van der Waals surface area contributed by atoms with E-state index >= 15 is 0 Å². The van der Waals surface area contributed by atoms with Crippen LogP contribution >= 0.6 is 27.7 Å². The van der Waals surface area contributed by atoms with E-state index in [1.165, 1.54) is 11.8 Å². The molecule has 2 unspecified atom stereocenters. The number of rotatable bonds is 10. The summed E-state index contributed by atoms with van der Waals surface area (Å²) in [5.41, 5.74) is -0.279. The number of carbonyl (C=O) groups excluding carboxylic acids is 3. The van der Waals surface area contributed by atoms with Gasteiger partial charge in [0.15, 0.2) is 0 Å². The smallest absolute Gasteiger partial charge is 0.352 e. The van der Waals surface area contributed by atoms with Crippen LogP contribution in [0.5, 0.6) is 0 Å². The molecule has 2 aliphatic heterocycles. The van der Waals surface area contributed by atoms with Crippen LogP contribution in [-0.4, -0.2) is 56.4 Å². The highest BCUT2D eigenvalue weighted by Crippen LogP contribution is 2.47. The van der Waals surface area contributed by atoms with Crippen molar-refractivity contribution in [2.24, 2.45) is 0 Å². The Kier molecular flexibility index (Phi) is 7.58. The normalized spacial score (nSPS) is 22.0. The van der Waals surface area contributed by atoms with Crippen molar-refractivity contribution in [2.45, 2.75) is 23.8 Å². The topological polar surface area (TPSA) is 122 Å². The Bertz CT molecular complexity index is 1160. The fraction of sp³-hybridized carbons (Fsp3) is 0.250. The molecule has 35 heavy (non-hydrogen) atoms. The molecule has 2 amide bonds. The lowest BCUT2D eigenvalue weighted by Gasteiger charge is -2.56. The van der Waals surface area contributed by atoms with Gasteiger partial charge < -0.3 is 19.9 Å². The number of benzene rings is 2. The standard InChI is InChI=1S/C24H21BrN2O7S/c25-11-17-13-35-23-24(22(32)27(23)18(17)21(30)31,34-12-15-7-3-1-4-8-15)26-20(29)19(33-14-28)16-9-5-2-6-10-16/h1-10,14,19,23H,11-13H2,(H,26,29)(H,30,31)/t19?,23-,24?/m1/s1. The molecule has 11 heteroatoms. The second-order valence-electron chi connectivity index (χ2n) is 7.75. The van der Waals surface area contributed by atoms with Gasteiger partial charge in [0.2, 0.25) is 6.10 Å². The Labute approximate surface area is 213 Å². The van der Waals surface area contributed by atoms with Gasteiger partial charge in [-0.1, -0.05) is 76.6 Å². The number of carboxylic acid groups (broad SMARTS) is 1. The summed E-state index contributed by atoms with van der Waals surface area (Å²) in [6, 6.07) is 17.4. The molecule has 2 aliphatic rings. The number of aliphatic carboxylic acids is 1. The van der Waals surface area contributed by atoms with Gasteiger partial charge in [-0.25, -0.2) is 4.79 Å². The minimum Gasteiger partial charge on any atom is -0.477 e. The van der Waals surface area contributed by atoms with E-state index in [9.17, 15) is 24.3 Å². The zero-order valence-electron chi connectivity index (χ0n) is 18.3. The number of ether oxygens (including phenoxy) is 2. The first-order valence-electron chi connectivity index (χ1n) is 10.5. The molecular formula is C24H21BrN2O7S. The van der Waals surface area contributed by atoms with Crippen LogP contribution in [0.4, 0.5) is 0 Å². The van der Waals surface area contributed by atoms with Gasteiger partial charge in [0.25, 0.3) is 24.0 Å². The summed E-state index contributed by atoms with van der Waals surface area (Å²) < 4.78 is 11.1. The molecular weight excluding hydrogens is 540 g/mol. The Morgan fingerprint density at radius 1 is 1.20 bits per heavy atom. The lowest BCUT2D eigenvalue weighted by molar-refractivity contribution is -0.203. The number of carbonyl (C=O) groups is 4. The first-order chi connectivity index (χ1) is 16.9. The van der Waals surface area contributed by atoms with Crippen molar-refractivity contribution >= 4 is 51.9 Å². The molecule has 182 valence electrons. The number of nitrogens with one attached hydrogen (secondary N) is 1. The lowest BCUT2D eigenvalue weighted by atomic mass is 9.97. The number of hydrogen-bond donors (Lipinski definition) is 2. The van der Waals surface area contributed by atoms with E-state index in [-0.39, 0.29) is 24.1 Å². The molecule has 0 bridgehead atoms. The van der Waals surface area contributed by atoms with Crippen molar-refractivity contribution in [3.63, 3.8) is 0 Å². The lowest BCUT2D eigenvalue weighted by Crippen LogP contribution is -2.81. The van der Waals surface area contributed by atoms with E-state index in [0.717, 1.165) is 10.5 Å². The van der Waals surface area contributed by atoms with Gasteiger partial charge >= 0.3 is 5.97 Å². The predicted molar refractivity (Wildman–Crippen MR) is 130 cm³/mol. The second-order valence-corrected chi connectivity index (χ2v) is 9.38. The quantitative estimate of drug-likeness (QED) is 0.197. The Hall–Kier alpha value is -3.15. The van der Waals surface area contributed by atoms with E-state index in [4.69, 9.17) is 9.47 Å². The Balaban J connectivity index is 1.68. The molecule has 1 saturated heterocycles. The summed E-state index contributed by atoms with van der Waals surface area (Å²) in [7, 11) is 0. The molecule has 2 N–H and O–H groups in total. The fourth-order valence-corrected chi connectivity index (χ4v) is 6.11. The molecule has 2 aromatic rings. The molecule has 3 atom stereocenters. The number of alkyl halides is 1. The number of thioether (sulfide) groups is 1. The van der Waals surface area contributed by atoms with E-state index in [1.54, 1.807) is 42.5 Å². The van der Waals surface area contributed by atoms with Gasteiger partial charge in [0.1, 0.15) is 11.1 Å². The maximum absolute atomic E-state index is 13.5. The molecule has 4 rings (SSSR count). The highest BCUT2D eigenvalue weighted by Gasteiger charge is 2.67. The summed E-state index contributed by atoms with van der Waals surface area (Å²) in [5.74, 6) is -2.40. The minimum atomic E-state index is -1.85. The number of amides is 2. The van der Waals surface area contributed by atoms with Gasteiger partial charge in [0, 0.05) is 16.6 Å². The summed E-state index contributed by atoms with van der Waals surface area (Å²) in [6.45, 7) is 0.145. The highest BCUT2D eigenvalue weighted by molar-refractivity contribution is 9.09. The Morgan fingerprint density at radius 2 is 1.86 bits per heavy atom. The highest BCUT2D eigenvalue weighted by atomic mass is 79.9. The number of carboxylic acids is 1. The van der Waals surface area contributed by atoms with Gasteiger partial charge in [-0.2, -0.15) is 0 Å². The van der Waals surface area contributed by atoms with Crippen molar-refractivity contribution in [3.8, 4) is 0 Å². The maximum atomic E-state index is 13.5. The zero-order chi connectivity index (χ0) is 25.0. The first kappa shape index (κ1) is 25.0. The van der Waals surface area contributed by atoms with Crippen molar-refractivity contribution in [2.75, 3.05) is 11.1 Å². The van der Waals surface area contributed by atoms with Crippen LogP contribution in [0.2, 0.25) is 0 Å². The van der Waals surface area contributed by atoms with Crippen LogP contribution in [-0.2, 0) is 35.3 Å². The summed E-state index contributed by atoms with van der Waals surface area (Å²) in [6.07, 6.45) is -1.33. The van der Waals surface area contributed by atoms with E-state index < -0.39 is 35.0 Å². The van der Waals surface area contributed by atoms with E-state index in [2.05, 4.69) is 21.2 Å². The molecule has 0 aliphatic carbocycles. The monoisotopic (exact) mass is 560 g/mol. The number of halogens is 1. The minimum absolute atomic E-state index is 0.0142. The van der Waals surface area contributed by atoms with Crippen LogP contribution < -0.4 is 5.32 Å². The number of nitrogens with zero attached hydrogens (tertiary/aromatic N) is 1. The van der Waals surface area contributed by atoms with Crippen LogP contribution in [0.15, 0.2) is 71.9 Å². The van der Waals surface area contributed by atoms with Crippen LogP contribution in [0.3, 0.4) is 0 Å². The maximum Gasteiger partial charge on any atom is 0.352 e. The number of β-lactam (4-membered cyclic amide) rings is 1. The predicted octanol–water partition coefficient (Wildman–Crippen LogP) is 2.58. The number of fused-ring (bicyclic) bond motifs is 1. The second kappa shape index (κ2) is 10.6. The molecule has 2 aromatic carbocycles. The van der Waals surface area contributed by atoms with Crippen molar-refractivity contribution < 1.29 is 33.8 Å². The summed E-state index contributed by atoms with van der Waals surface area (Å²) in [5, 5.41) is 11.9. The largest absolute Gasteiger partial charge is 0.477 e. The van der Waals surface area contributed by atoms with Crippen molar-refractivity contribution in [1.82, 2.24) is 10.2 Å². The van der Waals surface area contributed by atoms with E-state index in [1.807, 2.05) is 18.2 Å². The third-order valence-corrected chi connectivity index (χ3v) is 7.67. The van der Waals surface area contributed by atoms with Crippen molar-refractivity contribution in [3.05, 3.63) is 83.1 Å². The molecule has 0 spiro atoms. The SMILES string of the molecule is O=COC(C(=O)NC1(OCc2ccccc2)C(=O)N2C(C(=O)O)=C(CBr)CS[C@@H]21)c1ccccc1. The molecule has 0 aromatic heterocycles. The van der Waals surface area contributed by atoms with Gasteiger partial charge in [-0.05, 0) is 11.1 Å². The molecule has 2 heterocycles. The first-order valence-corrected chi connectivity index (χ1v) is 12.7. The molecule has 1 fully saturated rings. The van der Waals surface area contributed by atoms with Crippen LogP contribution in [0.25, 0.3) is 0 Å². The molecule has 0 saturated carbocycles. The number of hydrogen-bond acceptors (Lipinski definition) is 7. The Morgan fingerprint density at radius 3 is 2.46 bits per heavy atom. The zero-order valence-corrected chi connectivity index (χ0v) is 20.7. The van der Waals surface area contributed by atoms with Crippen LogP contribution in [0, 0.1) is 0 Å². The van der Waals surface area contributed by atoms with Crippen LogP contribution in [0.1, 0.15) is 17.2 Å². The summed E-state index contributed by atoms with van der Waals surface area (Å²) in [4.78, 5) is 51.1. The van der Waals surface area contributed by atoms with Crippen molar-refractivity contribution in [1.29, 1.82) is 0 Å². The average Bonchev–Trinajstić information content (AvgIpc) is 2.89. The average molecular weight is 561 g/mol. The van der Waals surface area contributed by atoms with E-state index in [0.29, 0.717) is 16.9 Å². The fourth-order valence-electron chi connectivity index (χ4n) is 3.97. The summed E-state index contributed by atoms with van der Waals surface area (Å²) >= 11 is 4.56. The van der Waals surface area contributed by atoms with Gasteiger partial charge in [0.05, 0.1) is 6.61 Å². The third-order valence-electron chi connectivity index (χ3n) is 5.62.